The summed E-state index contributed by atoms with van der Waals surface area (Å²) >= 11 is 0. The number of primary amides is 1. The lowest BCUT2D eigenvalue weighted by Gasteiger charge is -2.54. The summed E-state index contributed by atoms with van der Waals surface area (Å²) in [7, 11) is 0. The van der Waals surface area contributed by atoms with Crippen LogP contribution in [0.5, 0.6) is 0 Å². The van der Waals surface area contributed by atoms with Gasteiger partial charge in [0, 0.05) is 36.7 Å². The zero-order valence-electron chi connectivity index (χ0n) is 16.8. The number of halogens is 2. The molecule has 2 saturated carbocycles. The first-order chi connectivity index (χ1) is 14.2. The van der Waals surface area contributed by atoms with Crippen molar-refractivity contribution in [2.24, 2.45) is 17.1 Å². The van der Waals surface area contributed by atoms with Gasteiger partial charge in [-0.3, -0.25) is 14.6 Å². The van der Waals surface area contributed by atoms with E-state index in [2.05, 4.69) is 9.97 Å². The van der Waals surface area contributed by atoms with E-state index in [0.29, 0.717) is 24.3 Å². The number of ether oxygens (including phenoxy) is 1. The number of nitrogens with zero attached hydrogens (tertiary/aromatic N) is 1. The number of aromatic nitrogens is 2. The Kier molecular flexibility index (Phi) is 5.11. The number of H-pyrrole nitrogens is 1. The zero-order valence-corrected chi connectivity index (χ0v) is 16.8. The Bertz CT molecular complexity index is 1050. The Morgan fingerprint density at radius 1 is 1.27 bits per heavy atom. The number of fused-ring (bicyclic) bond motifs is 3. The molecular weight excluding hydrogens is 392 g/mol. The first kappa shape index (κ1) is 20.5. The number of amides is 1. The summed E-state index contributed by atoms with van der Waals surface area (Å²) in [5, 5.41) is 0.238. The largest absolute Gasteiger partial charge is 0.498 e. The van der Waals surface area contributed by atoms with Crippen LogP contribution in [0.2, 0.25) is 0 Å². The second kappa shape index (κ2) is 7.49. The number of nitrogens with one attached hydrogen (secondary N) is 1. The minimum atomic E-state index is -2.40. The third-order valence-corrected chi connectivity index (χ3v) is 6.69. The van der Waals surface area contributed by atoms with Gasteiger partial charge in [0.25, 0.3) is 5.91 Å². The lowest BCUT2D eigenvalue weighted by Crippen LogP contribution is -2.48. The third-order valence-electron chi connectivity index (χ3n) is 6.69. The van der Waals surface area contributed by atoms with Gasteiger partial charge in [-0.05, 0) is 50.2 Å². The van der Waals surface area contributed by atoms with Gasteiger partial charge in [-0.2, -0.15) is 0 Å². The average Bonchev–Trinajstić information content (AvgIpc) is 2.68. The Morgan fingerprint density at radius 3 is 2.57 bits per heavy atom. The summed E-state index contributed by atoms with van der Waals surface area (Å²) in [5.41, 5.74) is 7.04. The van der Waals surface area contributed by atoms with Crippen LogP contribution in [-0.2, 0) is 4.74 Å². The van der Waals surface area contributed by atoms with Crippen LogP contribution in [0.3, 0.4) is 0 Å². The molecule has 4 aliphatic rings. The summed E-state index contributed by atoms with van der Waals surface area (Å²) < 4.78 is 31.8. The van der Waals surface area contributed by atoms with Gasteiger partial charge < -0.3 is 15.5 Å². The molecule has 0 spiro atoms. The topological polar surface area (TPSA) is 98.1 Å². The first-order valence-electron chi connectivity index (χ1n) is 10.2. The SMILES string of the molecule is CC1=C2CC(C3CCC(F)(F)CC3)(CO1)C2.NC(=O)c1nccc2[nH]ccc(=O)c12. The number of rotatable bonds is 2. The number of nitrogens with two attached hydrogens (primary N) is 1. The van der Waals surface area contributed by atoms with Crippen molar-refractivity contribution >= 4 is 16.8 Å². The molecule has 8 heteroatoms. The van der Waals surface area contributed by atoms with Crippen molar-refractivity contribution in [2.75, 3.05) is 6.61 Å². The molecule has 0 saturated heterocycles. The highest BCUT2D eigenvalue weighted by molar-refractivity contribution is 6.03. The summed E-state index contributed by atoms with van der Waals surface area (Å²) in [4.78, 5) is 29.0. The summed E-state index contributed by atoms with van der Waals surface area (Å²) in [6, 6.07) is 2.94. The lowest BCUT2D eigenvalue weighted by atomic mass is 9.54. The van der Waals surface area contributed by atoms with Crippen molar-refractivity contribution in [1.29, 1.82) is 0 Å². The van der Waals surface area contributed by atoms with Crippen LogP contribution in [0.1, 0.15) is 55.9 Å². The number of carbonyl (C=O) groups excluding carboxylic acids is 1. The predicted molar refractivity (Wildman–Crippen MR) is 108 cm³/mol. The maximum absolute atomic E-state index is 13.1. The van der Waals surface area contributed by atoms with Gasteiger partial charge in [-0.25, -0.2) is 8.78 Å². The molecule has 2 bridgehead atoms. The molecule has 2 aromatic rings. The van der Waals surface area contributed by atoms with Gasteiger partial charge in [-0.15, -0.1) is 0 Å². The molecular formula is C22H25F2N3O3. The van der Waals surface area contributed by atoms with Crippen LogP contribution in [0.25, 0.3) is 10.9 Å². The van der Waals surface area contributed by atoms with Gasteiger partial charge in [0.15, 0.2) is 5.43 Å². The van der Waals surface area contributed by atoms with Crippen molar-refractivity contribution in [2.45, 2.75) is 51.4 Å². The Labute approximate surface area is 172 Å². The van der Waals surface area contributed by atoms with Gasteiger partial charge >= 0.3 is 0 Å². The fourth-order valence-corrected chi connectivity index (χ4v) is 4.87. The van der Waals surface area contributed by atoms with Gasteiger partial charge in [-0.1, -0.05) is 0 Å². The van der Waals surface area contributed by atoms with E-state index in [4.69, 9.17) is 10.5 Å². The van der Waals surface area contributed by atoms with Crippen molar-refractivity contribution in [3.8, 4) is 0 Å². The number of aromatic amines is 1. The summed E-state index contributed by atoms with van der Waals surface area (Å²) in [6.07, 6.45) is 6.68. The first-order valence-corrected chi connectivity index (χ1v) is 10.2. The lowest BCUT2D eigenvalue weighted by molar-refractivity contribution is -0.0959. The standard InChI is InChI=1S/C13H18F2O.C9H7N3O2/c1-9-10-6-12(7-10,8-16-9)11-2-4-13(14,15)5-3-11;10-9(14)8-7-5(1-3-12-8)11-4-2-6(7)13/h11H,2-8H2,1H3;1-4H,(H2,10,14)(H,11,13). The van der Waals surface area contributed by atoms with Gasteiger partial charge in [0.1, 0.15) is 5.69 Å². The van der Waals surface area contributed by atoms with E-state index in [1.165, 1.54) is 24.0 Å². The maximum Gasteiger partial charge on any atom is 0.268 e. The molecule has 4 heterocycles. The normalized spacial score (nSPS) is 21.8. The van der Waals surface area contributed by atoms with E-state index < -0.39 is 11.8 Å². The second-order valence-electron chi connectivity index (χ2n) is 8.58. The van der Waals surface area contributed by atoms with E-state index in [0.717, 1.165) is 25.2 Å². The molecule has 3 N–H and O–H groups in total. The minimum absolute atomic E-state index is 0.00403. The average molecular weight is 417 g/mol. The molecule has 0 unspecified atom stereocenters. The van der Waals surface area contributed by atoms with Gasteiger partial charge in [0.2, 0.25) is 5.92 Å². The number of hydrogen-bond donors (Lipinski definition) is 2. The monoisotopic (exact) mass is 417 g/mol. The number of carbonyl (C=O) groups is 1. The molecule has 0 atom stereocenters. The fourth-order valence-electron chi connectivity index (χ4n) is 4.87. The van der Waals surface area contributed by atoms with E-state index >= 15 is 0 Å². The van der Waals surface area contributed by atoms with Crippen LogP contribution >= 0.6 is 0 Å². The van der Waals surface area contributed by atoms with E-state index in [9.17, 15) is 18.4 Å². The second-order valence-corrected chi connectivity index (χ2v) is 8.58. The van der Waals surface area contributed by atoms with Crippen molar-refractivity contribution < 1.29 is 18.3 Å². The van der Waals surface area contributed by atoms with Gasteiger partial charge in [0.05, 0.1) is 23.3 Å². The van der Waals surface area contributed by atoms with Crippen LogP contribution in [0.15, 0.2) is 40.7 Å². The van der Waals surface area contributed by atoms with Crippen LogP contribution < -0.4 is 11.2 Å². The third kappa shape index (κ3) is 3.70. The summed E-state index contributed by atoms with van der Waals surface area (Å²) in [5.74, 6) is -1.56. The Balaban J connectivity index is 0.000000147. The summed E-state index contributed by atoms with van der Waals surface area (Å²) in [6.45, 7) is 2.78. The van der Waals surface area contributed by atoms with Crippen LogP contribution in [0, 0.1) is 11.3 Å². The van der Waals surface area contributed by atoms with Crippen molar-refractivity contribution in [3.63, 3.8) is 0 Å². The fraction of sp³-hybridized carbons (Fsp3) is 0.500. The Hall–Kier alpha value is -2.77. The van der Waals surface area contributed by atoms with Crippen LogP contribution in [-0.4, -0.2) is 28.4 Å². The highest BCUT2D eigenvalue weighted by Crippen LogP contribution is 2.59. The molecule has 6 rings (SSSR count). The minimum Gasteiger partial charge on any atom is -0.498 e. The van der Waals surface area contributed by atoms with Crippen molar-refractivity contribution in [3.05, 3.63) is 51.8 Å². The number of pyridine rings is 2. The molecule has 0 aromatic carbocycles. The van der Waals surface area contributed by atoms with E-state index in [1.54, 1.807) is 6.07 Å². The molecule has 160 valence electrons. The zero-order chi connectivity index (χ0) is 21.5. The maximum atomic E-state index is 13.1. The molecule has 30 heavy (non-hydrogen) atoms. The molecule has 2 aromatic heterocycles. The molecule has 1 amide bonds. The predicted octanol–water partition coefficient (Wildman–Crippen LogP) is 3.92. The van der Waals surface area contributed by atoms with E-state index in [1.807, 2.05) is 6.92 Å². The van der Waals surface area contributed by atoms with Crippen molar-refractivity contribution in [1.82, 2.24) is 9.97 Å². The highest BCUT2D eigenvalue weighted by atomic mass is 19.3. The smallest absolute Gasteiger partial charge is 0.268 e. The molecule has 0 radical (unpaired) electrons. The highest BCUT2D eigenvalue weighted by Gasteiger charge is 2.53. The number of allylic oxidation sites excluding steroid dienone is 2. The van der Waals surface area contributed by atoms with Crippen LogP contribution in [0.4, 0.5) is 8.78 Å². The molecule has 2 aliphatic heterocycles. The molecule has 6 nitrogen and oxygen atoms in total. The van der Waals surface area contributed by atoms with E-state index in [-0.39, 0.29) is 34.8 Å². The number of hydrogen-bond acceptors (Lipinski definition) is 4. The molecule has 2 fully saturated rings. The molecule has 2 aliphatic carbocycles. The Morgan fingerprint density at radius 2 is 1.97 bits per heavy atom. The quantitative estimate of drug-likeness (QED) is 0.774. The number of alkyl halides is 2.